The van der Waals surface area contributed by atoms with Gasteiger partial charge in [0, 0.05) is 24.6 Å². The van der Waals surface area contributed by atoms with Gasteiger partial charge in [0.25, 0.3) is 0 Å². The Morgan fingerprint density at radius 2 is 2.00 bits per heavy atom. The van der Waals surface area contributed by atoms with Gasteiger partial charge in [-0.05, 0) is 59.2 Å². The van der Waals surface area contributed by atoms with Crippen LogP contribution in [-0.4, -0.2) is 40.3 Å². The standard InChI is InChI=1S/C25H28Cl2F2N2O3/c1-15-11-25(23(33)34-24(2,3)4,12-19-22(29)17(14-32)10-20(27)30-19)8-9-31(15)13-16-6-5-7-18(26)21(16)28/h5-7,10,14-15H,8-9,11-13H2,1-4H3/t15-,25-/m1/s1. The average molecular weight is 513 g/mol. The molecule has 0 aliphatic carbocycles. The van der Waals surface area contributed by atoms with E-state index in [-0.39, 0.29) is 33.9 Å². The summed E-state index contributed by atoms with van der Waals surface area (Å²) in [5, 5.41) is 0.0264. The summed E-state index contributed by atoms with van der Waals surface area (Å²) in [6, 6.07) is 5.85. The SMILES string of the molecule is C[C@@H]1C[C@](Cc2nc(Cl)cc(C=O)c2F)(C(=O)OC(C)(C)C)CCN1Cc1cccc(Cl)c1F. The molecule has 1 aliphatic rings. The summed E-state index contributed by atoms with van der Waals surface area (Å²) in [5.41, 5.74) is -1.64. The number of rotatable bonds is 6. The molecular weight excluding hydrogens is 485 g/mol. The second-order valence-electron chi connectivity index (χ2n) is 9.86. The molecule has 0 saturated carbocycles. The van der Waals surface area contributed by atoms with Crippen LogP contribution in [0, 0.1) is 17.0 Å². The maximum Gasteiger partial charge on any atom is 0.313 e. The van der Waals surface area contributed by atoms with Crippen LogP contribution in [0.3, 0.4) is 0 Å². The lowest BCUT2D eigenvalue weighted by atomic mass is 9.72. The van der Waals surface area contributed by atoms with Gasteiger partial charge in [0.15, 0.2) is 12.1 Å². The van der Waals surface area contributed by atoms with Gasteiger partial charge in [-0.15, -0.1) is 0 Å². The summed E-state index contributed by atoms with van der Waals surface area (Å²) in [6.45, 7) is 7.98. The number of halogens is 4. The van der Waals surface area contributed by atoms with Crippen LogP contribution in [-0.2, 0) is 22.5 Å². The van der Waals surface area contributed by atoms with Gasteiger partial charge < -0.3 is 4.74 Å². The first-order chi connectivity index (χ1) is 15.8. The second-order valence-corrected chi connectivity index (χ2v) is 10.7. The van der Waals surface area contributed by atoms with Gasteiger partial charge in [-0.25, -0.2) is 13.8 Å². The van der Waals surface area contributed by atoms with Crippen molar-refractivity contribution in [2.45, 2.75) is 65.1 Å². The highest BCUT2D eigenvalue weighted by Crippen LogP contribution is 2.41. The first kappa shape index (κ1) is 26.5. The average Bonchev–Trinajstić information content (AvgIpc) is 2.74. The number of pyridine rings is 1. The number of aromatic nitrogens is 1. The maximum atomic E-state index is 15.0. The number of esters is 1. The molecule has 2 atom stereocenters. The van der Waals surface area contributed by atoms with Crippen molar-refractivity contribution >= 4 is 35.5 Å². The third kappa shape index (κ3) is 5.93. The van der Waals surface area contributed by atoms with E-state index in [2.05, 4.69) is 9.88 Å². The minimum Gasteiger partial charge on any atom is -0.460 e. The normalized spacial score (nSPS) is 21.4. The largest absolute Gasteiger partial charge is 0.460 e. The summed E-state index contributed by atoms with van der Waals surface area (Å²) in [5.74, 6) is -1.72. The number of benzene rings is 1. The molecule has 0 bridgehead atoms. The summed E-state index contributed by atoms with van der Waals surface area (Å²) in [4.78, 5) is 30.8. The lowest BCUT2D eigenvalue weighted by Crippen LogP contribution is -2.51. The maximum absolute atomic E-state index is 15.0. The first-order valence-electron chi connectivity index (χ1n) is 11.1. The smallest absolute Gasteiger partial charge is 0.313 e. The molecule has 0 N–H and O–H groups in total. The molecule has 0 radical (unpaired) electrons. The van der Waals surface area contributed by atoms with Crippen molar-refractivity contribution in [1.29, 1.82) is 0 Å². The molecule has 2 aromatic rings. The molecule has 1 aliphatic heterocycles. The summed E-state index contributed by atoms with van der Waals surface area (Å²) >= 11 is 11.9. The fourth-order valence-corrected chi connectivity index (χ4v) is 4.81. The van der Waals surface area contributed by atoms with E-state index in [1.165, 1.54) is 6.07 Å². The summed E-state index contributed by atoms with van der Waals surface area (Å²) in [7, 11) is 0. The Labute approximate surface area is 208 Å². The number of aldehydes is 1. The molecule has 0 amide bonds. The summed E-state index contributed by atoms with van der Waals surface area (Å²) in [6.07, 6.45) is 0.961. The molecule has 1 aromatic carbocycles. The number of nitrogens with zero attached hydrogens (tertiary/aromatic N) is 2. The molecular formula is C25H28Cl2F2N2O3. The quantitative estimate of drug-likeness (QED) is 0.268. The van der Waals surface area contributed by atoms with Crippen LogP contribution < -0.4 is 0 Å². The van der Waals surface area contributed by atoms with Crippen molar-refractivity contribution in [2.24, 2.45) is 5.41 Å². The molecule has 2 heterocycles. The predicted molar refractivity (Wildman–Crippen MR) is 127 cm³/mol. The Morgan fingerprint density at radius 1 is 1.29 bits per heavy atom. The molecule has 9 heteroatoms. The molecule has 184 valence electrons. The van der Waals surface area contributed by atoms with E-state index in [0.29, 0.717) is 37.8 Å². The highest BCUT2D eigenvalue weighted by Gasteiger charge is 2.47. The van der Waals surface area contributed by atoms with Gasteiger partial charge >= 0.3 is 5.97 Å². The lowest BCUT2D eigenvalue weighted by Gasteiger charge is -2.45. The van der Waals surface area contributed by atoms with Crippen molar-refractivity contribution in [3.05, 3.63) is 62.9 Å². The van der Waals surface area contributed by atoms with Gasteiger partial charge in [-0.2, -0.15) is 0 Å². The Morgan fingerprint density at radius 3 is 2.62 bits per heavy atom. The van der Waals surface area contributed by atoms with E-state index >= 15 is 0 Å². The van der Waals surface area contributed by atoms with Gasteiger partial charge in [0.1, 0.15) is 16.6 Å². The summed E-state index contributed by atoms with van der Waals surface area (Å²) < 4.78 is 35.1. The van der Waals surface area contributed by atoms with E-state index in [4.69, 9.17) is 27.9 Å². The van der Waals surface area contributed by atoms with Crippen molar-refractivity contribution in [3.8, 4) is 0 Å². The predicted octanol–water partition coefficient (Wildman–Crippen LogP) is 6.03. The minimum absolute atomic E-state index is 0.0280. The Hall–Kier alpha value is -2.09. The van der Waals surface area contributed by atoms with Crippen LogP contribution in [0.2, 0.25) is 10.2 Å². The zero-order valence-corrected chi connectivity index (χ0v) is 21.1. The van der Waals surface area contributed by atoms with E-state index < -0.39 is 28.6 Å². The number of hydrogen-bond donors (Lipinski definition) is 0. The van der Waals surface area contributed by atoms with Crippen LogP contribution in [0.5, 0.6) is 0 Å². The fourth-order valence-electron chi connectivity index (χ4n) is 4.40. The van der Waals surface area contributed by atoms with Crippen LogP contribution in [0.4, 0.5) is 8.78 Å². The Bertz CT molecular complexity index is 1090. The molecule has 1 saturated heterocycles. The second kappa shape index (κ2) is 10.3. The topological polar surface area (TPSA) is 59.5 Å². The fraction of sp³-hybridized carbons (Fsp3) is 0.480. The van der Waals surface area contributed by atoms with Crippen LogP contribution in [0.15, 0.2) is 24.3 Å². The van der Waals surface area contributed by atoms with Crippen molar-refractivity contribution in [1.82, 2.24) is 9.88 Å². The zero-order chi connectivity index (χ0) is 25.3. The van der Waals surface area contributed by atoms with Gasteiger partial charge in [0.2, 0.25) is 0 Å². The Balaban J connectivity index is 1.92. The van der Waals surface area contributed by atoms with E-state index in [9.17, 15) is 18.4 Å². The third-order valence-corrected chi connectivity index (χ3v) is 6.57. The van der Waals surface area contributed by atoms with Gasteiger partial charge in [-0.1, -0.05) is 35.3 Å². The molecule has 34 heavy (non-hydrogen) atoms. The first-order valence-corrected chi connectivity index (χ1v) is 11.8. The monoisotopic (exact) mass is 512 g/mol. The molecule has 3 rings (SSSR count). The van der Waals surface area contributed by atoms with E-state index in [1.807, 2.05) is 6.92 Å². The minimum atomic E-state index is -1.09. The van der Waals surface area contributed by atoms with E-state index in [0.717, 1.165) is 6.07 Å². The number of ether oxygens (including phenoxy) is 1. The van der Waals surface area contributed by atoms with Gasteiger partial charge in [0.05, 0.1) is 21.7 Å². The zero-order valence-electron chi connectivity index (χ0n) is 19.6. The number of likely N-dealkylation sites (tertiary alicyclic amines) is 1. The molecule has 1 fully saturated rings. The highest BCUT2D eigenvalue weighted by molar-refractivity contribution is 6.30. The Kier molecular flexibility index (Phi) is 8.00. The molecule has 1 aromatic heterocycles. The van der Waals surface area contributed by atoms with Crippen molar-refractivity contribution < 1.29 is 23.1 Å². The van der Waals surface area contributed by atoms with Gasteiger partial charge in [-0.3, -0.25) is 14.5 Å². The van der Waals surface area contributed by atoms with E-state index in [1.54, 1.807) is 32.9 Å². The molecule has 0 spiro atoms. The lowest BCUT2D eigenvalue weighted by molar-refractivity contribution is -0.172. The number of carbonyl (C=O) groups is 2. The van der Waals surface area contributed by atoms with Crippen molar-refractivity contribution in [3.63, 3.8) is 0 Å². The third-order valence-electron chi connectivity index (χ3n) is 6.08. The van der Waals surface area contributed by atoms with Crippen LogP contribution in [0.1, 0.15) is 62.2 Å². The number of carbonyl (C=O) groups excluding carboxylic acids is 2. The van der Waals surface area contributed by atoms with Crippen molar-refractivity contribution in [2.75, 3.05) is 6.54 Å². The molecule has 5 nitrogen and oxygen atoms in total. The number of hydrogen-bond acceptors (Lipinski definition) is 5. The van der Waals surface area contributed by atoms with Crippen LogP contribution in [0.25, 0.3) is 0 Å². The highest BCUT2D eigenvalue weighted by atomic mass is 35.5. The molecule has 0 unspecified atom stereocenters. The number of piperidine rings is 1. The van der Waals surface area contributed by atoms with Crippen LogP contribution >= 0.6 is 23.2 Å².